The van der Waals surface area contributed by atoms with Gasteiger partial charge in [0.25, 0.3) is 0 Å². The van der Waals surface area contributed by atoms with Gasteiger partial charge in [0.05, 0.1) is 12.2 Å². The number of ether oxygens (including phenoxy) is 2. The summed E-state index contributed by atoms with van der Waals surface area (Å²) in [6, 6.07) is 1.49. The molecule has 3 atom stereocenters. The molecule has 0 amide bonds. The molecule has 0 aromatic rings. The van der Waals surface area contributed by atoms with Gasteiger partial charge >= 0.3 is 0 Å². The van der Waals surface area contributed by atoms with Crippen LogP contribution in [0.5, 0.6) is 0 Å². The van der Waals surface area contributed by atoms with Crippen molar-refractivity contribution < 1.29 is 9.47 Å². The van der Waals surface area contributed by atoms with Gasteiger partial charge in [0.2, 0.25) is 0 Å². The van der Waals surface area contributed by atoms with Gasteiger partial charge in [-0.25, -0.2) is 0 Å². The van der Waals surface area contributed by atoms with Crippen LogP contribution in [0.15, 0.2) is 0 Å². The van der Waals surface area contributed by atoms with Crippen LogP contribution in [0, 0.1) is 0 Å². The van der Waals surface area contributed by atoms with Crippen LogP contribution in [0.2, 0.25) is 0 Å². The number of nitrogens with one attached hydrogen (secondary N) is 1. The van der Waals surface area contributed by atoms with Crippen molar-refractivity contribution in [2.75, 3.05) is 40.0 Å². The van der Waals surface area contributed by atoms with Gasteiger partial charge in [-0.05, 0) is 52.2 Å². The number of hydrogen-bond acceptors (Lipinski definition) is 4. The van der Waals surface area contributed by atoms with Crippen molar-refractivity contribution in [3.63, 3.8) is 0 Å². The number of piperidine rings is 1. The third-order valence-electron chi connectivity index (χ3n) is 5.40. The van der Waals surface area contributed by atoms with E-state index >= 15 is 0 Å². The van der Waals surface area contributed by atoms with Crippen LogP contribution in [0.3, 0.4) is 0 Å². The molecule has 0 bridgehead atoms. The Hall–Kier alpha value is -0.160. The first-order valence-electron chi connectivity index (χ1n) is 8.45. The average molecular weight is 282 g/mol. The van der Waals surface area contributed by atoms with E-state index in [1.165, 1.54) is 45.1 Å². The Labute approximate surface area is 123 Å². The Balaban J connectivity index is 1.63. The van der Waals surface area contributed by atoms with E-state index < -0.39 is 0 Å². The first kappa shape index (κ1) is 14.8. The van der Waals surface area contributed by atoms with Crippen molar-refractivity contribution in [2.24, 2.45) is 0 Å². The molecule has 0 aromatic carbocycles. The van der Waals surface area contributed by atoms with Crippen LogP contribution in [-0.2, 0) is 9.47 Å². The second-order valence-electron chi connectivity index (χ2n) is 6.76. The highest BCUT2D eigenvalue weighted by atomic mass is 16.6. The van der Waals surface area contributed by atoms with E-state index in [9.17, 15) is 0 Å². The molecule has 3 aliphatic heterocycles. The Bertz CT molecular complexity index is 305. The van der Waals surface area contributed by atoms with Crippen molar-refractivity contribution in [3.05, 3.63) is 0 Å². The minimum Gasteiger partial charge on any atom is -0.378 e. The lowest BCUT2D eigenvalue weighted by atomic mass is 9.86. The van der Waals surface area contributed by atoms with Gasteiger partial charge in [-0.1, -0.05) is 6.42 Å². The van der Waals surface area contributed by atoms with Crippen molar-refractivity contribution in [1.29, 1.82) is 0 Å². The minimum absolute atomic E-state index is 0.0495. The molecule has 3 heterocycles. The normalized spacial score (nSPS) is 39.5. The zero-order valence-corrected chi connectivity index (χ0v) is 12.9. The van der Waals surface area contributed by atoms with E-state index in [4.69, 9.17) is 9.47 Å². The van der Waals surface area contributed by atoms with Crippen molar-refractivity contribution >= 4 is 0 Å². The maximum atomic E-state index is 6.10. The second-order valence-corrected chi connectivity index (χ2v) is 6.76. The molecular weight excluding hydrogens is 252 g/mol. The largest absolute Gasteiger partial charge is 0.378 e. The molecule has 116 valence electrons. The molecule has 3 rings (SSSR count). The Morgan fingerprint density at radius 3 is 3.00 bits per heavy atom. The van der Waals surface area contributed by atoms with Crippen LogP contribution < -0.4 is 5.32 Å². The van der Waals surface area contributed by atoms with Crippen molar-refractivity contribution in [1.82, 2.24) is 10.2 Å². The summed E-state index contributed by atoms with van der Waals surface area (Å²) in [6.45, 7) is 5.05. The maximum Gasteiger partial charge on any atom is 0.0951 e. The predicted octanol–water partition coefficient (Wildman–Crippen LogP) is 1.79. The molecule has 0 aromatic heterocycles. The lowest BCUT2D eigenvalue weighted by Crippen LogP contribution is -2.54. The lowest BCUT2D eigenvalue weighted by molar-refractivity contribution is -0.114. The molecule has 3 unspecified atom stereocenters. The Morgan fingerprint density at radius 1 is 1.25 bits per heavy atom. The van der Waals surface area contributed by atoms with Gasteiger partial charge in [-0.15, -0.1) is 0 Å². The van der Waals surface area contributed by atoms with Crippen LogP contribution in [-0.4, -0.2) is 62.5 Å². The zero-order valence-electron chi connectivity index (χ0n) is 12.9. The van der Waals surface area contributed by atoms with Crippen LogP contribution in [0.25, 0.3) is 0 Å². The molecule has 4 heteroatoms. The van der Waals surface area contributed by atoms with Crippen molar-refractivity contribution in [3.8, 4) is 0 Å². The van der Waals surface area contributed by atoms with E-state index in [1.807, 2.05) is 0 Å². The monoisotopic (exact) mass is 282 g/mol. The van der Waals surface area contributed by atoms with Gasteiger partial charge in [0, 0.05) is 31.7 Å². The molecule has 0 saturated carbocycles. The van der Waals surface area contributed by atoms with Crippen LogP contribution in [0.1, 0.15) is 44.9 Å². The van der Waals surface area contributed by atoms with Crippen LogP contribution in [0.4, 0.5) is 0 Å². The molecule has 1 N–H and O–H groups in total. The summed E-state index contributed by atoms with van der Waals surface area (Å²) in [4.78, 5) is 2.81. The molecule has 3 saturated heterocycles. The number of hydrogen-bond donors (Lipinski definition) is 1. The van der Waals surface area contributed by atoms with E-state index in [0.29, 0.717) is 6.04 Å². The molecule has 0 aliphatic carbocycles. The smallest absolute Gasteiger partial charge is 0.0951 e. The molecule has 0 radical (unpaired) electrons. The number of rotatable bonds is 4. The van der Waals surface area contributed by atoms with E-state index in [2.05, 4.69) is 17.3 Å². The fourth-order valence-corrected chi connectivity index (χ4v) is 4.27. The highest BCUT2D eigenvalue weighted by Crippen LogP contribution is 2.37. The minimum atomic E-state index is 0.0495. The van der Waals surface area contributed by atoms with Gasteiger partial charge < -0.3 is 14.8 Å². The molecule has 3 fully saturated rings. The SMILES string of the molecule is CNCCC1CCCCN1C1CCOC2(CCOC2)C1. The third kappa shape index (κ3) is 3.19. The number of likely N-dealkylation sites (tertiary alicyclic amines) is 1. The summed E-state index contributed by atoms with van der Waals surface area (Å²) in [7, 11) is 2.06. The van der Waals surface area contributed by atoms with E-state index in [0.717, 1.165) is 38.8 Å². The fraction of sp³-hybridized carbons (Fsp3) is 1.00. The molecule has 1 spiro atoms. The average Bonchev–Trinajstić information content (AvgIpc) is 2.93. The summed E-state index contributed by atoms with van der Waals surface area (Å²) >= 11 is 0. The Kier molecular flexibility index (Phi) is 4.97. The number of nitrogens with zero attached hydrogens (tertiary/aromatic N) is 1. The zero-order chi connectivity index (χ0) is 13.8. The van der Waals surface area contributed by atoms with Gasteiger partial charge in [0.15, 0.2) is 0 Å². The van der Waals surface area contributed by atoms with E-state index in [1.54, 1.807) is 0 Å². The summed E-state index contributed by atoms with van der Waals surface area (Å²) in [5.74, 6) is 0. The Morgan fingerprint density at radius 2 is 2.20 bits per heavy atom. The third-order valence-corrected chi connectivity index (χ3v) is 5.40. The first-order valence-corrected chi connectivity index (χ1v) is 8.45. The first-order chi connectivity index (χ1) is 9.83. The summed E-state index contributed by atoms with van der Waals surface area (Å²) < 4.78 is 11.7. The highest BCUT2D eigenvalue weighted by molar-refractivity contribution is 4.95. The van der Waals surface area contributed by atoms with E-state index in [-0.39, 0.29) is 5.60 Å². The topological polar surface area (TPSA) is 33.7 Å². The predicted molar refractivity (Wildman–Crippen MR) is 80.0 cm³/mol. The van der Waals surface area contributed by atoms with Crippen LogP contribution >= 0.6 is 0 Å². The van der Waals surface area contributed by atoms with Gasteiger partial charge in [-0.2, -0.15) is 0 Å². The highest BCUT2D eigenvalue weighted by Gasteiger charge is 2.43. The summed E-state index contributed by atoms with van der Waals surface area (Å²) in [5.41, 5.74) is 0.0495. The molecular formula is C16H30N2O2. The summed E-state index contributed by atoms with van der Waals surface area (Å²) in [6.07, 6.45) is 8.93. The maximum absolute atomic E-state index is 6.10. The molecule has 4 nitrogen and oxygen atoms in total. The second kappa shape index (κ2) is 6.73. The standard InChI is InChI=1S/C16H30N2O2/c1-17-8-5-14-4-2-3-9-18(14)15-6-10-20-16(12-15)7-11-19-13-16/h14-15,17H,2-13H2,1H3. The summed E-state index contributed by atoms with van der Waals surface area (Å²) in [5, 5.41) is 3.32. The van der Waals surface area contributed by atoms with Crippen molar-refractivity contribution in [2.45, 2.75) is 62.6 Å². The quantitative estimate of drug-likeness (QED) is 0.852. The lowest BCUT2D eigenvalue weighted by Gasteiger charge is -2.47. The molecule has 20 heavy (non-hydrogen) atoms. The van der Waals surface area contributed by atoms with Gasteiger partial charge in [0.1, 0.15) is 0 Å². The molecule has 3 aliphatic rings. The van der Waals surface area contributed by atoms with Gasteiger partial charge in [-0.3, -0.25) is 4.90 Å². The fourth-order valence-electron chi connectivity index (χ4n) is 4.27.